The maximum atomic E-state index is 13.1. The number of anilines is 1. The van der Waals surface area contributed by atoms with Gasteiger partial charge in [-0.1, -0.05) is 19.1 Å². The molecule has 1 atom stereocenters. The van der Waals surface area contributed by atoms with E-state index in [-0.39, 0.29) is 5.91 Å². The Balaban J connectivity index is 2.05. The minimum atomic E-state index is -0.671. The Morgan fingerprint density at radius 2 is 1.91 bits per heavy atom. The largest absolute Gasteiger partial charge is 0.497 e. The van der Waals surface area contributed by atoms with Crippen LogP contribution >= 0.6 is 0 Å². The van der Waals surface area contributed by atoms with Gasteiger partial charge in [-0.25, -0.2) is 4.39 Å². The lowest BCUT2D eigenvalue weighted by Gasteiger charge is -2.17. The molecule has 0 aliphatic rings. The molecule has 2 rings (SSSR count). The summed E-state index contributed by atoms with van der Waals surface area (Å²) in [5.41, 5.74) is 0.401. The van der Waals surface area contributed by atoms with Gasteiger partial charge in [0, 0.05) is 11.8 Å². The molecule has 0 aliphatic heterocycles. The highest BCUT2D eigenvalue weighted by atomic mass is 19.1. The van der Waals surface area contributed by atoms with Crippen LogP contribution in [0.4, 0.5) is 10.1 Å². The van der Waals surface area contributed by atoms with E-state index < -0.39 is 11.9 Å². The Hall–Kier alpha value is -2.56. The predicted octanol–water partition coefficient (Wildman–Crippen LogP) is 3.63. The Morgan fingerprint density at radius 1 is 1.18 bits per heavy atom. The number of nitrogens with one attached hydrogen (secondary N) is 1. The topological polar surface area (TPSA) is 47.6 Å². The fourth-order valence-corrected chi connectivity index (χ4v) is 1.95. The van der Waals surface area contributed by atoms with Crippen LogP contribution in [0.3, 0.4) is 0 Å². The molecule has 2 aromatic rings. The second kappa shape index (κ2) is 7.45. The van der Waals surface area contributed by atoms with Crippen LogP contribution in [-0.4, -0.2) is 19.1 Å². The molecule has 116 valence electrons. The summed E-state index contributed by atoms with van der Waals surface area (Å²) in [4.78, 5) is 12.2. The second-order valence-corrected chi connectivity index (χ2v) is 4.69. The first kappa shape index (κ1) is 15.8. The molecule has 2 aromatic carbocycles. The van der Waals surface area contributed by atoms with Gasteiger partial charge in [0.1, 0.15) is 17.3 Å². The highest BCUT2D eigenvalue weighted by Gasteiger charge is 2.19. The van der Waals surface area contributed by atoms with Gasteiger partial charge < -0.3 is 14.8 Å². The lowest BCUT2D eigenvalue weighted by molar-refractivity contribution is -0.122. The molecule has 4 nitrogen and oxygen atoms in total. The Bertz CT molecular complexity index is 645. The summed E-state index contributed by atoms with van der Waals surface area (Å²) in [7, 11) is 1.56. The van der Waals surface area contributed by atoms with Gasteiger partial charge in [0.2, 0.25) is 0 Å². The molecule has 5 heteroatoms. The van der Waals surface area contributed by atoms with E-state index in [1.54, 1.807) is 37.4 Å². The maximum absolute atomic E-state index is 13.1. The van der Waals surface area contributed by atoms with Crippen LogP contribution in [0.5, 0.6) is 11.5 Å². The van der Waals surface area contributed by atoms with E-state index in [4.69, 9.17) is 9.47 Å². The average Bonchev–Trinajstić information content (AvgIpc) is 2.52. The van der Waals surface area contributed by atoms with E-state index in [9.17, 15) is 9.18 Å². The van der Waals surface area contributed by atoms with Crippen LogP contribution in [0.25, 0.3) is 0 Å². The number of hydrogen-bond donors (Lipinski definition) is 1. The van der Waals surface area contributed by atoms with Crippen molar-refractivity contribution in [3.8, 4) is 11.5 Å². The van der Waals surface area contributed by atoms with E-state index >= 15 is 0 Å². The molecule has 0 saturated heterocycles. The normalized spacial score (nSPS) is 11.6. The van der Waals surface area contributed by atoms with Crippen molar-refractivity contribution in [1.82, 2.24) is 0 Å². The number of halogens is 1. The van der Waals surface area contributed by atoms with Gasteiger partial charge in [0.05, 0.1) is 7.11 Å². The van der Waals surface area contributed by atoms with Gasteiger partial charge in [-0.3, -0.25) is 4.79 Å². The third-order valence-electron chi connectivity index (χ3n) is 3.07. The van der Waals surface area contributed by atoms with Crippen LogP contribution in [0.15, 0.2) is 48.5 Å². The van der Waals surface area contributed by atoms with E-state index in [1.165, 1.54) is 18.2 Å². The van der Waals surface area contributed by atoms with Crippen molar-refractivity contribution in [2.45, 2.75) is 19.4 Å². The van der Waals surface area contributed by atoms with Crippen LogP contribution in [0.1, 0.15) is 13.3 Å². The molecular weight excluding hydrogens is 285 g/mol. The summed E-state index contributed by atoms with van der Waals surface area (Å²) in [5.74, 6) is 0.467. The second-order valence-electron chi connectivity index (χ2n) is 4.69. The molecule has 0 saturated carbocycles. The number of ether oxygens (including phenoxy) is 2. The van der Waals surface area contributed by atoms with Crippen molar-refractivity contribution in [3.05, 3.63) is 54.3 Å². The predicted molar refractivity (Wildman–Crippen MR) is 82.7 cm³/mol. The molecule has 0 unspecified atom stereocenters. The van der Waals surface area contributed by atoms with Crippen LogP contribution in [0, 0.1) is 5.82 Å². The van der Waals surface area contributed by atoms with E-state index in [1.807, 2.05) is 6.92 Å². The van der Waals surface area contributed by atoms with Gasteiger partial charge in [-0.2, -0.15) is 0 Å². The van der Waals surface area contributed by atoms with Crippen LogP contribution in [-0.2, 0) is 4.79 Å². The van der Waals surface area contributed by atoms with Crippen molar-refractivity contribution in [2.24, 2.45) is 0 Å². The minimum absolute atomic E-state index is 0.323. The van der Waals surface area contributed by atoms with Crippen molar-refractivity contribution >= 4 is 11.6 Å². The first-order valence-corrected chi connectivity index (χ1v) is 6.99. The number of hydrogen-bond acceptors (Lipinski definition) is 3. The third kappa shape index (κ3) is 4.22. The Morgan fingerprint density at radius 3 is 2.59 bits per heavy atom. The van der Waals surface area contributed by atoms with Crippen molar-refractivity contribution in [1.29, 1.82) is 0 Å². The quantitative estimate of drug-likeness (QED) is 0.886. The van der Waals surface area contributed by atoms with Gasteiger partial charge in [-0.05, 0) is 36.8 Å². The summed E-state index contributed by atoms with van der Waals surface area (Å²) in [6.07, 6.45) is -0.186. The third-order valence-corrected chi connectivity index (χ3v) is 3.07. The standard InChI is InChI=1S/C17H18FNO3/c1-3-16(22-15-9-5-8-14(11-15)21-2)17(20)19-13-7-4-6-12(18)10-13/h4-11,16H,3H2,1-2H3,(H,19,20)/t16-/m1/s1. The van der Waals surface area contributed by atoms with Crippen molar-refractivity contribution < 1.29 is 18.7 Å². The molecule has 0 aliphatic carbocycles. The molecule has 1 amide bonds. The van der Waals surface area contributed by atoms with Crippen LogP contribution in [0.2, 0.25) is 0 Å². The van der Waals surface area contributed by atoms with Crippen LogP contribution < -0.4 is 14.8 Å². The molecule has 1 N–H and O–H groups in total. The van der Waals surface area contributed by atoms with Gasteiger partial charge in [0.25, 0.3) is 5.91 Å². The Kier molecular flexibility index (Phi) is 5.36. The van der Waals surface area contributed by atoms with Gasteiger partial charge in [0.15, 0.2) is 6.10 Å². The van der Waals surface area contributed by atoms with Gasteiger partial charge >= 0.3 is 0 Å². The summed E-state index contributed by atoms with van der Waals surface area (Å²) in [6, 6.07) is 12.8. The fourth-order valence-electron chi connectivity index (χ4n) is 1.95. The Labute approximate surface area is 128 Å². The van der Waals surface area contributed by atoms with E-state index in [0.29, 0.717) is 23.6 Å². The number of carbonyl (C=O) groups is 1. The molecule has 0 bridgehead atoms. The summed E-state index contributed by atoms with van der Waals surface area (Å²) >= 11 is 0. The summed E-state index contributed by atoms with van der Waals surface area (Å²) in [5, 5.41) is 2.65. The average molecular weight is 303 g/mol. The number of amides is 1. The first-order valence-electron chi connectivity index (χ1n) is 6.99. The van der Waals surface area contributed by atoms with E-state index in [0.717, 1.165) is 0 Å². The lowest BCUT2D eigenvalue weighted by atomic mass is 10.2. The monoisotopic (exact) mass is 303 g/mol. The zero-order chi connectivity index (χ0) is 15.9. The summed E-state index contributed by atoms with van der Waals surface area (Å²) in [6.45, 7) is 1.84. The molecular formula is C17H18FNO3. The first-order chi connectivity index (χ1) is 10.6. The van der Waals surface area contributed by atoms with Gasteiger partial charge in [-0.15, -0.1) is 0 Å². The fraction of sp³-hybridized carbons (Fsp3) is 0.235. The number of methoxy groups -OCH3 is 1. The molecule has 0 heterocycles. The smallest absolute Gasteiger partial charge is 0.265 e. The zero-order valence-electron chi connectivity index (χ0n) is 12.5. The highest BCUT2D eigenvalue weighted by Crippen LogP contribution is 2.21. The molecule has 22 heavy (non-hydrogen) atoms. The molecule has 0 radical (unpaired) electrons. The molecule has 0 fully saturated rings. The number of rotatable bonds is 6. The maximum Gasteiger partial charge on any atom is 0.265 e. The van der Waals surface area contributed by atoms with Crippen molar-refractivity contribution in [3.63, 3.8) is 0 Å². The molecule has 0 aromatic heterocycles. The number of carbonyl (C=O) groups excluding carboxylic acids is 1. The molecule has 0 spiro atoms. The van der Waals surface area contributed by atoms with E-state index in [2.05, 4.69) is 5.32 Å². The summed E-state index contributed by atoms with van der Waals surface area (Å²) < 4.78 is 23.9. The minimum Gasteiger partial charge on any atom is -0.497 e. The zero-order valence-corrected chi connectivity index (χ0v) is 12.5. The number of benzene rings is 2. The lowest BCUT2D eigenvalue weighted by Crippen LogP contribution is -2.32. The van der Waals surface area contributed by atoms with Crippen molar-refractivity contribution in [2.75, 3.05) is 12.4 Å². The SMILES string of the molecule is CC[C@@H](Oc1cccc(OC)c1)C(=O)Nc1cccc(F)c1. The highest BCUT2D eigenvalue weighted by molar-refractivity contribution is 5.94.